The molecule has 258 valence electrons. The fourth-order valence-electron chi connectivity index (χ4n) is 0.671. The Hall–Kier alpha value is 5.55. The minimum atomic E-state index is -3.87. The fourth-order valence-corrected chi connectivity index (χ4v) is 18.1. The molecule has 6 rings (SSSR count). The molecule has 0 amide bonds. The van der Waals surface area contributed by atoms with Gasteiger partial charge in [0.2, 0.25) is 0 Å². The normalized spacial score (nSPS) is 27.5. The monoisotopic (exact) mass is 1050 g/mol. The maximum atomic E-state index is 9.97. The number of hydrogen-bond donors (Lipinski definition) is 0. The van der Waals surface area contributed by atoms with E-state index in [0.717, 1.165) is 0 Å². The van der Waals surface area contributed by atoms with Crippen molar-refractivity contribution in [3.8, 4) is 0 Å². The van der Waals surface area contributed by atoms with Crippen molar-refractivity contribution in [2.75, 3.05) is 0 Å². The van der Waals surface area contributed by atoms with Crippen LogP contribution in [0, 0.1) is 0 Å². The van der Waals surface area contributed by atoms with Crippen molar-refractivity contribution >= 4 is 180 Å². The third kappa shape index (κ3) is 27.8. The molecule has 0 aromatic carbocycles. The molecule has 0 atom stereocenters. The van der Waals surface area contributed by atoms with Gasteiger partial charge in [0.1, 0.15) is 133 Å². The van der Waals surface area contributed by atoms with E-state index in [1.807, 2.05) is 0 Å². The molecule has 0 aliphatic carbocycles. The minimum absolute atomic E-state index is 0. The smallest absolute Gasteiger partial charge is 0.292 e. The quantitative estimate of drug-likeness (QED) is 0.141. The molecule has 0 saturated carbocycles. The zero-order valence-electron chi connectivity index (χ0n) is 17.8. The molecule has 24 nitrogen and oxygen atoms in total. The van der Waals surface area contributed by atoms with E-state index in [4.69, 9.17) is 0 Å². The van der Waals surface area contributed by atoms with Crippen LogP contribution >= 0.6 is 180 Å². The Morgan fingerprint density at radius 3 is 0.349 bits per heavy atom. The van der Waals surface area contributed by atoms with E-state index in [1.54, 1.807) is 0 Å². The zero-order valence-corrected chi connectivity index (χ0v) is 35.0. The fraction of sp³-hybridized carbons (Fsp3) is 0. The molecule has 6 saturated heterocycles. The second kappa shape index (κ2) is 24.0. The molecule has 0 spiro atoms. The second-order valence-electron chi connectivity index (χ2n) is 4.39. The van der Waals surface area contributed by atoms with Gasteiger partial charge in [-0.3, -0.25) is 27.4 Å². The maximum absolute atomic E-state index is 9.97. The summed E-state index contributed by atoms with van der Waals surface area (Å²) in [5.41, 5.74) is 0. The van der Waals surface area contributed by atoms with Crippen molar-refractivity contribution in [1.29, 1.82) is 0 Å². The Kier molecular flexibility index (Phi) is 27.1. The Morgan fingerprint density at radius 2 is 0.326 bits per heavy atom. The molecule has 0 unspecified atom stereocenters. The second-order valence-corrected chi connectivity index (χ2v) is 23.4. The minimum Gasteiger partial charge on any atom is -0.755 e. The summed E-state index contributed by atoms with van der Waals surface area (Å²) in [5, 5.41) is 0. The van der Waals surface area contributed by atoms with Crippen molar-refractivity contribution in [2.24, 2.45) is 0 Å². The van der Waals surface area contributed by atoms with E-state index in [-0.39, 0.29) is 21.1 Å². The van der Waals surface area contributed by atoms with Gasteiger partial charge in [0, 0.05) is 21.1 Å². The Bertz CT molecular complexity index is 826. The first-order chi connectivity index (χ1) is 19.2. The van der Waals surface area contributed by atoms with Gasteiger partial charge < -0.3 is 29.4 Å². The summed E-state index contributed by atoms with van der Waals surface area (Å²) >= 11 is 8.40. The van der Waals surface area contributed by atoms with Gasteiger partial charge in [-0.1, -0.05) is 0 Å². The van der Waals surface area contributed by atoms with Crippen LogP contribution in [0.1, 0.15) is 0 Å². The van der Waals surface area contributed by atoms with E-state index in [1.165, 1.54) is 0 Å². The van der Waals surface area contributed by atoms with Gasteiger partial charge in [-0.15, -0.1) is 0 Å². The average molecular weight is 1050 g/mol. The molecule has 0 aromatic rings. The molecule has 6 fully saturated rings. The van der Waals surface area contributed by atoms with Crippen molar-refractivity contribution in [1.82, 2.24) is 0 Å². The summed E-state index contributed by atoms with van der Waals surface area (Å²) in [5.74, 6) is 0. The standard InChI is InChI=1S/Mo.6HO4PS2/c;6*1-5(2)3-6-7-4-5/h;6*(H,1,2)/p-6. The Balaban J connectivity index is 0.000000490. The zero-order chi connectivity index (χ0) is 32.0. The van der Waals surface area contributed by atoms with E-state index >= 15 is 0 Å². The first kappa shape index (κ1) is 48.5. The number of rotatable bonds is 0. The van der Waals surface area contributed by atoms with Gasteiger partial charge in [0.15, 0.2) is 0 Å². The molecule has 6 aliphatic heterocycles. The molecule has 0 N–H and O–H groups in total. The van der Waals surface area contributed by atoms with Gasteiger partial charge >= 0.3 is 0 Å². The summed E-state index contributed by atoms with van der Waals surface area (Å²) < 4.78 is 108. The summed E-state index contributed by atoms with van der Waals surface area (Å²) in [6.07, 6.45) is 0. The van der Waals surface area contributed by atoms with Crippen molar-refractivity contribution < 1.29 is 125 Å². The van der Waals surface area contributed by atoms with Crippen LogP contribution in [-0.4, -0.2) is 0 Å². The predicted octanol–water partition coefficient (Wildman–Crippen LogP) is 4.28. The van der Waals surface area contributed by atoms with Crippen LogP contribution in [-0.2, 0) is 96.1 Å². The van der Waals surface area contributed by atoms with E-state index in [0.29, 0.717) is 133 Å². The predicted molar refractivity (Wildman–Crippen MR) is 150 cm³/mol. The molecule has 0 aromatic heterocycles. The Labute approximate surface area is 302 Å². The van der Waals surface area contributed by atoms with Crippen LogP contribution < -0.4 is 29.4 Å². The summed E-state index contributed by atoms with van der Waals surface area (Å²) in [7, 11) is -23.2. The summed E-state index contributed by atoms with van der Waals surface area (Å²) in [4.78, 5) is 59.8. The topological polar surface area (TPSA) is 352 Å². The van der Waals surface area contributed by atoms with Crippen LogP contribution in [0.4, 0.5) is 0 Å². The van der Waals surface area contributed by atoms with Gasteiger partial charge in [0.05, 0.1) is 0 Å². The van der Waals surface area contributed by atoms with Crippen LogP contribution in [0.5, 0.6) is 0 Å². The van der Waals surface area contributed by atoms with Crippen LogP contribution in [0.15, 0.2) is 0 Å². The molecule has 6 heterocycles. The first-order valence-corrected chi connectivity index (χ1v) is 28.1. The van der Waals surface area contributed by atoms with E-state index < -0.39 is 46.9 Å². The van der Waals surface area contributed by atoms with Gasteiger partial charge in [0.25, 0.3) is 46.9 Å². The van der Waals surface area contributed by atoms with Crippen molar-refractivity contribution in [3.05, 3.63) is 0 Å². The largest absolute Gasteiger partial charge is 0.755 e. The summed E-state index contributed by atoms with van der Waals surface area (Å²) in [6.45, 7) is 0. The molecule has 0 radical (unpaired) electrons. The third-order valence-corrected chi connectivity index (χ3v) is 21.2. The van der Waals surface area contributed by atoms with E-state index in [9.17, 15) is 56.8 Å². The van der Waals surface area contributed by atoms with Crippen LogP contribution in [0.2, 0.25) is 0 Å². The third-order valence-electron chi connectivity index (χ3n) is 1.63. The number of hydrogen-bond acceptors (Lipinski definition) is 36. The van der Waals surface area contributed by atoms with Gasteiger partial charge in [-0.25, -0.2) is 47.6 Å². The van der Waals surface area contributed by atoms with Crippen molar-refractivity contribution in [3.63, 3.8) is 0 Å². The van der Waals surface area contributed by atoms with Gasteiger partial charge in [-0.2, -0.15) is 0 Å². The SMILES string of the molecule is O=P1([O-])OSSO1.O=P1([O-])OSSO1.O=P1([O-])OSSO1.O=P1([O-])OSSO1.O=P1([O-])OSSO1.O=P1([O-])OSSO1.[Mo]. The first-order valence-electron chi connectivity index (χ1n) is 7.38. The van der Waals surface area contributed by atoms with E-state index in [2.05, 4.69) is 47.6 Å². The molecular formula is MoO24P6S12-6. The molecule has 43 heavy (non-hydrogen) atoms. The summed E-state index contributed by atoms with van der Waals surface area (Å²) in [6, 6.07) is 0. The van der Waals surface area contributed by atoms with Gasteiger partial charge in [-0.05, 0) is 0 Å². The van der Waals surface area contributed by atoms with Crippen LogP contribution in [0.25, 0.3) is 0 Å². The molecule has 43 heteroatoms. The van der Waals surface area contributed by atoms with Crippen LogP contribution in [0.3, 0.4) is 0 Å². The molecule has 6 aliphatic rings. The van der Waals surface area contributed by atoms with Crippen molar-refractivity contribution in [2.45, 2.75) is 0 Å². The Morgan fingerprint density at radius 1 is 0.256 bits per heavy atom. The maximum Gasteiger partial charge on any atom is 0.292 e. The molecule has 0 bridgehead atoms. The number of phosphoric acid groups is 6. The average Bonchev–Trinajstić information content (AvgIpc) is 3.71. The molecular weight excluding hydrogens is 1050 g/mol.